The van der Waals surface area contributed by atoms with Crippen molar-refractivity contribution in [3.05, 3.63) is 84.4 Å². The van der Waals surface area contributed by atoms with Gasteiger partial charge < -0.3 is 4.74 Å². The average molecular weight is 252 g/mol. The highest BCUT2D eigenvalue weighted by Crippen LogP contribution is 2.30. The Bertz CT molecular complexity index is 504. The van der Waals surface area contributed by atoms with Crippen LogP contribution >= 0.6 is 0 Å². The molecule has 2 aromatic carbocycles. The lowest BCUT2D eigenvalue weighted by atomic mass is 9.92. The van der Waals surface area contributed by atoms with Gasteiger partial charge in [-0.05, 0) is 24.5 Å². The summed E-state index contributed by atoms with van der Waals surface area (Å²) in [5, 5.41) is 0. The van der Waals surface area contributed by atoms with Crippen LogP contribution < -0.4 is 0 Å². The molecule has 0 saturated heterocycles. The van der Waals surface area contributed by atoms with Crippen LogP contribution in [0.5, 0.6) is 0 Å². The normalized spacial score (nSPS) is 13.7. The first-order valence-electron chi connectivity index (χ1n) is 6.59. The topological polar surface area (TPSA) is 9.23 Å². The summed E-state index contributed by atoms with van der Waals surface area (Å²) in [5.41, 5.74) is 2.05. The standard InChI is InChI=1S/C18H20O/c1-3-14-18(2,17-12-8-5-9-13-17)19-15-16-10-6-4-7-11-16/h3-13H,1,14-15H2,2H3. The summed E-state index contributed by atoms with van der Waals surface area (Å²) < 4.78 is 6.17. The molecule has 0 heterocycles. The molecule has 1 atom stereocenters. The molecule has 2 rings (SSSR count). The van der Waals surface area contributed by atoms with Crippen LogP contribution in [0.15, 0.2) is 73.3 Å². The maximum absolute atomic E-state index is 6.17. The second-order valence-corrected chi connectivity index (χ2v) is 4.86. The largest absolute Gasteiger partial charge is 0.366 e. The third-order valence-corrected chi connectivity index (χ3v) is 3.32. The maximum atomic E-state index is 6.17. The Balaban J connectivity index is 2.14. The molecule has 0 radical (unpaired) electrons. The van der Waals surface area contributed by atoms with Crippen LogP contribution in [0.3, 0.4) is 0 Å². The quantitative estimate of drug-likeness (QED) is 0.677. The van der Waals surface area contributed by atoms with Gasteiger partial charge in [0.15, 0.2) is 0 Å². The predicted molar refractivity (Wildman–Crippen MR) is 79.8 cm³/mol. The lowest BCUT2D eigenvalue weighted by molar-refractivity contribution is -0.0459. The van der Waals surface area contributed by atoms with Gasteiger partial charge in [0.25, 0.3) is 0 Å². The molecular formula is C18H20O. The Morgan fingerprint density at radius 2 is 1.58 bits per heavy atom. The van der Waals surface area contributed by atoms with Gasteiger partial charge in [0.05, 0.1) is 12.2 Å². The van der Waals surface area contributed by atoms with Crippen molar-refractivity contribution in [2.24, 2.45) is 0 Å². The van der Waals surface area contributed by atoms with Crippen LogP contribution in [0.1, 0.15) is 24.5 Å². The maximum Gasteiger partial charge on any atom is 0.0941 e. The third-order valence-electron chi connectivity index (χ3n) is 3.32. The first-order chi connectivity index (χ1) is 9.24. The van der Waals surface area contributed by atoms with Crippen LogP contribution in [-0.2, 0) is 16.9 Å². The van der Waals surface area contributed by atoms with Gasteiger partial charge >= 0.3 is 0 Å². The number of hydrogen-bond donors (Lipinski definition) is 0. The zero-order valence-corrected chi connectivity index (χ0v) is 11.4. The van der Waals surface area contributed by atoms with Gasteiger partial charge in [-0.25, -0.2) is 0 Å². The number of ether oxygens (including phenoxy) is 1. The fraction of sp³-hybridized carbons (Fsp3) is 0.222. The molecule has 0 spiro atoms. The smallest absolute Gasteiger partial charge is 0.0941 e. The van der Waals surface area contributed by atoms with Crippen molar-refractivity contribution in [1.29, 1.82) is 0 Å². The van der Waals surface area contributed by atoms with E-state index in [2.05, 4.69) is 37.8 Å². The lowest BCUT2D eigenvalue weighted by Gasteiger charge is -2.29. The number of rotatable bonds is 6. The second kappa shape index (κ2) is 6.35. The van der Waals surface area contributed by atoms with Crippen molar-refractivity contribution in [1.82, 2.24) is 0 Å². The van der Waals surface area contributed by atoms with E-state index in [-0.39, 0.29) is 5.60 Å². The minimum Gasteiger partial charge on any atom is -0.366 e. The predicted octanol–water partition coefficient (Wildman–Crippen LogP) is 4.69. The highest BCUT2D eigenvalue weighted by molar-refractivity contribution is 5.23. The summed E-state index contributed by atoms with van der Waals surface area (Å²) in [6, 6.07) is 20.6. The monoisotopic (exact) mass is 252 g/mol. The van der Waals surface area contributed by atoms with Gasteiger partial charge in [-0.3, -0.25) is 0 Å². The Kier molecular flexibility index (Phi) is 4.53. The molecule has 0 saturated carbocycles. The fourth-order valence-corrected chi connectivity index (χ4v) is 2.14. The summed E-state index contributed by atoms with van der Waals surface area (Å²) in [4.78, 5) is 0. The summed E-state index contributed by atoms with van der Waals surface area (Å²) in [7, 11) is 0. The van der Waals surface area contributed by atoms with E-state index in [0.717, 1.165) is 6.42 Å². The highest BCUT2D eigenvalue weighted by atomic mass is 16.5. The zero-order chi connectivity index (χ0) is 13.6. The molecule has 1 nitrogen and oxygen atoms in total. The van der Waals surface area contributed by atoms with Gasteiger partial charge in [-0.2, -0.15) is 0 Å². The molecule has 0 aliphatic rings. The fourth-order valence-electron chi connectivity index (χ4n) is 2.14. The molecule has 0 fully saturated rings. The molecule has 2 aromatic rings. The molecule has 1 unspecified atom stereocenters. The first kappa shape index (κ1) is 13.6. The Labute approximate surface area is 115 Å². The van der Waals surface area contributed by atoms with Crippen molar-refractivity contribution in [2.75, 3.05) is 0 Å². The first-order valence-corrected chi connectivity index (χ1v) is 6.59. The second-order valence-electron chi connectivity index (χ2n) is 4.86. The summed E-state index contributed by atoms with van der Waals surface area (Å²) in [6.45, 7) is 6.58. The van der Waals surface area contributed by atoms with Gasteiger partial charge in [0.2, 0.25) is 0 Å². The minimum absolute atomic E-state index is 0.321. The van der Waals surface area contributed by atoms with E-state index in [9.17, 15) is 0 Å². The molecule has 19 heavy (non-hydrogen) atoms. The molecular weight excluding hydrogens is 232 g/mol. The van der Waals surface area contributed by atoms with Gasteiger partial charge in [0, 0.05) is 0 Å². The van der Waals surface area contributed by atoms with Gasteiger partial charge in [-0.15, -0.1) is 6.58 Å². The van der Waals surface area contributed by atoms with Crippen LogP contribution in [0.2, 0.25) is 0 Å². The summed E-state index contributed by atoms with van der Waals surface area (Å²) in [6.07, 6.45) is 2.71. The molecule has 0 aliphatic carbocycles. The van der Waals surface area contributed by atoms with Crippen molar-refractivity contribution in [3.63, 3.8) is 0 Å². The molecule has 1 heteroatoms. The van der Waals surface area contributed by atoms with E-state index in [1.54, 1.807) is 0 Å². The molecule has 0 N–H and O–H groups in total. The van der Waals surface area contributed by atoms with Crippen molar-refractivity contribution in [3.8, 4) is 0 Å². The van der Waals surface area contributed by atoms with E-state index >= 15 is 0 Å². The van der Waals surface area contributed by atoms with Crippen LogP contribution in [0.25, 0.3) is 0 Å². The van der Waals surface area contributed by atoms with Crippen molar-refractivity contribution >= 4 is 0 Å². The highest BCUT2D eigenvalue weighted by Gasteiger charge is 2.25. The van der Waals surface area contributed by atoms with E-state index in [1.807, 2.05) is 42.5 Å². The Hall–Kier alpha value is -1.86. The van der Waals surface area contributed by atoms with Gasteiger partial charge in [0.1, 0.15) is 0 Å². The zero-order valence-electron chi connectivity index (χ0n) is 11.4. The minimum atomic E-state index is -0.321. The number of hydrogen-bond acceptors (Lipinski definition) is 1. The Morgan fingerprint density at radius 1 is 1.00 bits per heavy atom. The third kappa shape index (κ3) is 3.55. The van der Waals surface area contributed by atoms with Crippen molar-refractivity contribution in [2.45, 2.75) is 25.6 Å². The van der Waals surface area contributed by atoms with E-state index in [1.165, 1.54) is 11.1 Å². The Morgan fingerprint density at radius 3 is 2.16 bits per heavy atom. The van der Waals surface area contributed by atoms with Crippen LogP contribution in [-0.4, -0.2) is 0 Å². The SMILES string of the molecule is C=CCC(C)(OCc1ccccc1)c1ccccc1. The molecule has 98 valence electrons. The van der Waals surface area contributed by atoms with Crippen LogP contribution in [0.4, 0.5) is 0 Å². The van der Waals surface area contributed by atoms with E-state index in [0.29, 0.717) is 6.61 Å². The molecule has 0 amide bonds. The number of benzene rings is 2. The van der Waals surface area contributed by atoms with E-state index in [4.69, 9.17) is 4.74 Å². The molecule has 0 aliphatic heterocycles. The molecule has 0 bridgehead atoms. The van der Waals surface area contributed by atoms with Crippen LogP contribution in [0, 0.1) is 0 Å². The van der Waals surface area contributed by atoms with Gasteiger partial charge in [-0.1, -0.05) is 66.7 Å². The van der Waals surface area contributed by atoms with Crippen molar-refractivity contribution < 1.29 is 4.74 Å². The lowest BCUT2D eigenvalue weighted by Crippen LogP contribution is -2.25. The molecule has 0 aromatic heterocycles. The summed E-state index contributed by atoms with van der Waals surface area (Å²) >= 11 is 0. The van der Waals surface area contributed by atoms with E-state index < -0.39 is 0 Å². The summed E-state index contributed by atoms with van der Waals surface area (Å²) in [5.74, 6) is 0. The average Bonchev–Trinajstić information content (AvgIpc) is 2.48.